The Labute approximate surface area is 180 Å². The summed E-state index contributed by atoms with van der Waals surface area (Å²) in [4.78, 5) is 8.70. The summed E-state index contributed by atoms with van der Waals surface area (Å²) in [6, 6.07) is 11.8. The number of ether oxygens (including phenoxy) is 1. The first-order valence-electron chi connectivity index (χ1n) is 9.94. The standard InChI is InChI=1S/C22H23FN4O3S/c1-30-17-9-11-18(12-10-17)31(28,29)27-13-3-2-4-20(27)21-19(14-25-22(24)26-21)15-5-7-16(23)8-6-15/h5-12,14,20H,2-4,13H2,1H3,(H2,24,25,26)/t20-/m1/s1. The summed E-state index contributed by atoms with van der Waals surface area (Å²) in [6.07, 6.45) is 3.77. The summed E-state index contributed by atoms with van der Waals surface area (Å²) in [5.74, 6) is 0.285. The van der Waals surface area contributed by atoms with Gasteiger partial charge in [0.25, 0.3) is 0 Å². The minimum absolute atomic E-state index is 0.0632. The Balaban J connectivity index is 1.79. The molecule has 0 aliphatic carbocycles. The summed E-state index contributed by atoms with van der Waals surface area (Å²) < 4.78 is 47.1. The third kappa shape index (κ3) is 4.24. The first-order valence-corrected chi connectivity index (χ1v) is 11.4. The van der Waals surface area contributed by atoms with Crippen LogP contribution in [0.15, 0.2) is 59.6 Å². The van der Waals surface area contributed by atoms with Crippen LogP contribution in [0.5, 0.6) is 5.75 Å². The molecule has 2 N–H and O–H groups in total. The zero-order chi connectivity index (χ0) is 22.0. The molecular formula is C22H23FN4O3S. The van der Waals surface area contributed by atoms with Gasteiger partial charge in [0.05, 0.1) is 23.7 Å². The van der Waals surface area contributed by atoms with Crippen LogP contribution in [0.1, 0.15) is 31.0 Å². The smallest absolute Gasteiger partial charge is 0.243 e. The molecule has 0 radical (unpaired) electrons. The summed E-state index contributed by atoms with van der Waals surface area (Å²) in [5.41, 5.74) is 7.73. The van der Waals surface area contributed by atoms with Crippen LogP contribution in [-0.4, -0.2) is 36.3 Å². The van der Waals surface area contributed by atoms with Gasteiger partial charge in [-0.05, 0) is 54.8 Å². The molecule has 1 aromatic heterocycles. The number of benzene rings is 2. The second-order valence-corrected chi connectivity index (χ2v) is 9.23. The molecule has 0 bridgehead atoms. The molecule has 1 fully saturated rings. The molecule has 3 aromatic rings. The Morgan fingerprint density at radius 2 is 1.81 bits per heavy atom. The average Bonchev–Trinajstić information content (AvgIpc) is 2.80. The third-order valence-corrected chi connectivity index (χ3v) is 7.35. The average molecular weight is 443 g/mol. The molecule has 162 valence electrons. The van der Waals surface area contributed by atoms with Crippen molar-refractivity contribution in [2.75, 3.05) is 19.4 Å². The van der Waals surface area contributed by atoms with E-state index in [9.17, 15) is 12.8 Å². The van der Waals surface area contributed by atoms with Crippen molar-refractivity contribution in [3.8, 4) is 16.9 Å². The van der Waals surface area contributed by atoms with Crippen molar-refractivity contribution in [1.29, 1.82) is 0 Å². The van der Waals surface area contributed by atoms with E-state index in [1.54, 1.807) is 30.5 Å². The van der Waals surface area contributed by atoms with Gasteiger partial charge < -0.3 is 10.5 Å². The van der Waals surface area contributed by atoms with Gasteiger partial charge in [0.15, 0.2) is 0 Å². The normalized spacial score (nSPS) is 17.4. The summed E-state index contributed by atoms with van der Waals surface area (Å²) >= 11 is 0. The number of sulfonamides is 1. The molecule has 4 rings (SSSR count). The minimum Gasteiger partial charge on any atom is -0.497 e. The van der Waals surface area contributed by atoms with E-state index < -0.39 is 16.1 Å². The molecule has 2 heterocycles. The van der Waals surface area contributed by atoms with E-state index >= 15 is 0 Å². The predicted octanol–water partition coefficient (Wildman–Crippen LogP) is 3.79. The Hall–Kier alpha value is -3.04. The molecule has 1 saturated heterocycles. The number of hydrogen-bond acceptors (Lipinski definition) is 6. The first-order chi connectivity index (χ1) is 14.9. The highest BCUT2D eigenvalue weighted by Crippen LogP contribution is 2.39. The van der Waals surface area contributed by atoms with Crippen molar-refractivity contribution in [2.45, 2.75) is 30.2 Å². The second-order valence-electron chi connectivity index (χ2n) is 7.34. The number of piperidine rings is 1. The number of nitrogens with two attached hydrogens (primary N) is 1. The Kier molecular flexibility index (Phi) is 5.88. The van der Waals surface area contributed by atoms with Crippen molar-refractivity contribution >= 4 is 16.0 Å². The highest BCUT2D eigenvalue weighted by molar-refractivity contribution is 7.89. The monoisotopic (exact) mass is 442 g/mol. The zero-order valence-electron chi connectivity index (χ0n) is 17.0. The number of rotatable bonds is 5. The number of anilines is 1. The molecule has 0 saturated carbocycles. The lowest BCUT2D eigenvalue weighted by molar-refractivity contribution is 0.252. The van der Waals surface area contributed by atoms with Crippen molar-refractivity contribution in [1.82, 2.24) is 14.3 Å². The van der Waals surface area contributed by atoms with E-state index in [-0.39, 0.29) is 16.7 Å². The van der Waals surface area contributed by atoms with Crippen LogP contribution in [0.4, 0.5) is 10.3 Å². The highest BCUT2D eigenvalue weighted by atomic mass is 32.2. The molecule has 1 atom stereocenters. The predicted molar refractivity (Wildman–Crippen MR) is 115 cm³/mol. The van der Waals surface area contributed by atoms with E-state index in [0.29, 0.717) is 35.5 Å². The fraction of sp³-hybridized carbons (Fsp3) is 0.273. The van der Waals surface area contributed by atoms with Crippen LogP contribution in [-0.2, 0) is 10.0 Å². The van der Waals surface area contributed by atoms with E-state index in [1.807, 2.05) is 0 Å². The van der Waals surface area contributed by atoms with Crippen LogP contribution in [0.3, 0.4) is 0 Å². The van der Waals surface area contributed by atoms with E-state index in [4.69, 9.17) is 10.5 Å². The topological polar surface area (TPSA) is 98.4 Å². The molecule has 0 amide bonds. The van der Waals surface area contributed by atoms with Crippen molar-refractivity contribution in [3.63, 3.8) is 0 Å². The number of nitrogens with zero attached hydrogens (tertiary/aromatic N) is 3. The number of methoxy groups -OCH3 is 1. The minimum atomic E-state index is -3.79. The van der Waals surface area contributed by atoms with Crippen LogP contribution >= 0.6 is 0 Å². The largest absolute Gasteiger partial charge is 0.497 e. The molecule has 0 unspecified atom stereocenters. The SMILES string of the molecule is COc1ccc(S(=O)(=O)N2CCCC[C@@H]2c2nc(N)ncc2-c2ccc(F)cc2)cc1. The van der Waals surface area contributed by atoms with Gasteiger partial charge in [0.2, 0.25) is 16.0 Å². The maximum atomic E-state index is 13.5. The summed E-state index contributed by atoms with van der Waals surface area (Å²) in [6.45, 7) is 0.367. The number of halogens is 1. The van der Waals surface area contributed by atoms with Gasteiger partial charge in [-0.25, -0.2) is 22.8 Å². The quantitative estimate of drug-likeness (QED) is 0.646. The van der Waals surface area contributed by atoms with Crippen LogP contribution in [0.2, 0.25) is 0 Å². The third-order valence-electron chi connectivity index (χ3n) is 5.43. The fourth-order valence-corrected chi connectivity index (χ4v) is 5.52. The number of hydrogen-bond donors (Lipinski definition) is 1. The van der Waals surface area contributed by atoms with Crippen LogP contribution < -0.4 is 10.5 Å². The lowest BCUT2D eigenvalue weighted by Crippen LogP contribution is -2.39. The van der Waals surface area contributed by atoms with Gasteiger partial charge >= 0.3 is 0 Å². The van der Waals surface area contributed by atoms with Crippen LogP contribution in [0, 0.1) is 5.82 Å². The second kappa shape index (κ2) is 8.60. The van der Waals surface area contributed by atoms with Gasteiger partial charge in [0.1, 0.15) is 11.6 Å². The molecule has 2 aromatic carbocycles. The Morgan fingerprint density at radius 1 is 1.10 bits per heavy atom. The molecule has 0 spiro atoms. The summed E-state index contributed by atoms with van der Waals surface area (Å²) in [5, 5.41) is 0. The Bertz CT molecular complexity index is 1170. The molecule has 1 aliphatic heterocycles. The lowest BCUT2D eigenvalue weighted by Gasteiger charge is -2.35. The van der Waals surface area contributed by atoms with Gasteiger partial charge in [-0.3, -0.25) is 0 Å². The zero-order valence-corrected chi connectivity index (χ0v) is 17.8. The lowest BCUT2D eigenvalue weighted by atomic mass is 9.95. The van der Waals surface area contributed by atoms with E-state index in [2.05, 4.69) is 9.97 Å². The van der Waals surface area contributed by atoms with Crippen molar-refractivity contribution < 1.29 is 17.5 Å². The van der Waals surface area contributed by atoms with Gasteiger partial charge in [-0.15, -0.1) is 0 Å². The number of nitrogen functional groups attached to an aromatic ring is 1. The van der Waals surface area contributed by atoms with Crippen molar-refractivity contribution in [2.24, 2.45) is 0 Å². The maximum absolute atomic E-state index is 13.5. The van der Waals surface area contributed by atoms with Crippen molar-refractivity contribution in [3.05, 3.63) is 66.2 Å². The van der Waals surface area contributed by atoms with Gasteiger partial charge in [-0.2, -0.15) is 4.31 Å². The van der Waals surface area contributed by atoms with E-state index in [0.717, 1.165) is 12.8 Å². The Morgan fingerprint density at radius 3 is 2.48 bits per heavy atom. The summed E-state index contributed by atoms with van der Waals surface area (Å²) in [7, 11) is -2.26. The first kappa shape index (κ1) is 21.2. The molecule has 1 aliphatic rings. The van der Waals surface area contributed by atoms with E-state index in [1.165, 1.54) is 35.7 Å². The highest BCUT2D eigenvalue weighted by Gasteiger charge is 2.36. The maximum Gasteiger partial charge on any atom is 0.243 e. The van der Waals surface area contributed by atoms with Crippen LogP contribution in [0.25, 0.3) is 11.1 Å². The number of aromatic nitrogens is 2. The molecule has 31 heavy (non-hydrogen) atoms. The molecule has 9 heteroatoms. The molecular weight excluding hydrogens is 419 g/mol. The van der Waals surface area contributed by atoms with Gasteiger partial charge in [0, 0.05) is 18.3 Å². The van der Waals surface area contributed by atoms with Gasteiger partial charge in [-0.1, -0.05) is 18.6 Å². The molecule has 7 nitrogen and oxygen atoms in total. The fourth-order valence-electron chi connectivity index (χ4n) is 3.86.